The summed E-state index contributed by atoms with van der Waals surface area (Å²) in [4.78, 5) is 0. The maximum Gasteiger partial charge on any atom is 0.142 e. The van der Waals surface area contributed by atoms with E-state index in [0.717, 1.165) is 0 Å². The van der Waals surface area contributed by atoms with E-state index in [1.807, 2.05) is 0 Å². The first-order valence-electron chi connectivity index (χ1n) is 5.68. The van der Waals surface area contributed by atoms with Gasteiger partial charge in [0.25, 0.3) is 0 Å². The van der Waals surface area contributed by atoms with Gasteiger partial charge in [-0.05, 0) is 50.1 Å². The van der Waals surface area contributed by atoms with Crippen LogP contribution in [-0.2, 0) is 0 Å². The summed E-state index contributed by atoms with van der Waals surface area (Å²) < 4.78 is 20.5. The molecule has 2 nitrogen and oxygen atoms in total. The Hall–Kier alpha value is -0.620. The lowest BCUT2D eigenvalue weighted by molar-refractivity contribution is 0.404. The van der Waals surface area contributed by atoms with Crippen molar-refractivity contribution in [1.29, 1.82) is 0 Å². The maximum atomic E-state index is 14.2. The molecule has 0 spiro atoms. The van der Waals surface area contributed by atoms with Crippen LogP contribution in [0.5, 0.6) is 5.75 Å². The lowest BCUT2D eigenvalue weighted by Gasteiger charge is -2.18. The Balaban J connectivity index is 2.58. The second-order valence-corrected chi connectivity index (χ2v) is 6.28. The fourth-order valence-electron chi connectivity index (χ4n) is 1.95. The van der Waals surface area contributed by atoms with Crippen LogP contribution in [0.1, 0.15) is 17.2 Å². The average molecular weight is 424 g/mol. The quantitative estimate of drug-likeness (QED) is 0.749. The van der Waals surface area contributed by atoms with E-state index in [1.165, 1.54) is 7.11 Å². The second kappa shape index (κ2) is 6.43. The highest BCUT2D eigenvalue weighted by Crippen LogP contribution is 2.38. The van der Waals surface area contributed by atoms with Crippen molar-refractivity contribution < 1.29 is 9.13 Å². The lowest BCUT2D eigenvalue weighted by atomic mass is 9.98. The van der Waals surface area contributed by atoms with Gasteiger partial charge in [0.1, 0.15) is 11.6 Å². The predicted octanol–water partition coefficient (Wildman–Crippen LogP) is 5.06. The smallest absolute Gasteiger partial charge is 0.142 e. The molecule has 1 unspecified atom stereocenters. The number of hydrogen-bond donors (Lipinski definition) is 1. The van der Waals surface area contributed by atoms with Gasteiger partial charge in [-0.15, -0.1) is 0 Å². The number of hydrogen-bond acceptors (Lipinski definition) is 2. The Morgan fingerprint density at radius 3 is 2.55 bits per heavy atom. The molecular weight excluding hydrogens is 412 g/mol. The summed E-state index contributed by atoms with van der Waals surface area (Å²) in [5.74, 6) is 0.152. The molecular formula is C14H11Br2ClFNO. The topological polar surface area (TPSA) is 35.2 Å². The highest BCUT2D eigenvalue weighted by molar-refractivity contribution is 9.10. The molecule has 0 heterocycles. The summed E-state index contributed by atoms with van der Waals surface area (Å²) in [5.41, 5.74) is 7.16. The third-order valence-electron chi connectivity index (χ3n) is 2.89. The van der Waals surface area contributed by atoms with Gasteiger partial charge >= 0.3 is 0 Å². The summed E-state index contributed by atoms with van der Waals surface area (Å²) in [7, 11) is 1.53. The van der Waals surface area contributed by atoms with E-state index in [0.29, 0.717) is 30.8 Å². The van der Waals surface area contributed by atoms with E-state index in [-0.39, 0.29) is 0 Å². The molecule has 0 aliphatic carbocycles. The Kier molecular flexibility index (Phi) is 5.07. The molecule has 0 aliphatic rings. The van der Waals surface area contributed by atoms with Gasteiger partial charge in [0.15, 0.2) is 0 Å². The standard InChI is InChI=1S/C14H11Br2ClFNO/c1-20-14-9(5-7(17)6-11(14)16)13(19)8-3-2-4-10(15)12(8)18/h2-6,13H,19H2,1H3. The summed E-state index contributed by atoms with van der Waals surface area (Å²) in [5, 5.41) is 0.499. The normalized spacial score (nSPS) is 12.3. The second-order valence-electron chi connectivity index (χ2n) is 4.13. The van der Waals surface area contributed by atoms with E-state index in [9.17, 15) is 4.39 Å². The summed E-state index contributed by atoms with van der Waals surface area (Å²) in [6.45, 7) is 0. The van der Waals surface area contributed by atoms with Gasteiger partial charge in [0.05, 0.1) is 22.1 Å². The first kappa shape index (κ1) is 15.8. The van der Waals surface area contributed by atoms with Gasteiger partial charge in [-0.1, -0.05) is 23.7 Å². The minimum atomic E-state index is -0.683. The van der Waals surface area contributed by atoms with Gasteiger partial charge in [-0.25, -0.2) is 4.39 Å². The van der Waals surface area contributed by atoms with E-state index in [4.69, 9.17) is 22.1 Å². The number of ether oxygens (including phenoxy) is 1. The molecule has 0 bridgehead atoms. The fourth-order valence-corrected chi connectivity index (χ4v) is 3.33. The molecule has 6 heteroatoms. The average Bonchev–Trinajstić information content (AvgIpc) is 2.40. The Labute approximate surface area is 138 Å². The van der Waals surface area contributed by atoms with Gasteiger partial charge < -0.3 is 10.5 Å². The van der Waals surface area contributed by atoms with Crippen LogP contribution in [0.25, 0.3) is 0 Å². The van der Waals surface area contributed by atoms with E-state index in [1.54, 1.807) is 30.3 Å². The van der Waals surface area contributed by atoms with Crippen LogP contribution in [-0.4, -0.2) is 7.11 Å². The highest BCUT2D eigenvalue weighted by atomic mass is 79.9. The Morgan fingerprint density at radius 1 is 1.20 bits per heavy atom. The van der Waals surface area contributed by atoms with Crippen molar-refractivity contribution in [1.82, 2.24) is 0 Å². The van der Waals surface area contributed by atoms with Gasteiger partial charge in [-0.3, -0.25) is 0 Å². The number of nitrogens with two attached hydrogens (primary N) is 1. The van der Waals surface area contributed by atoms with Crippen LogP contribution in [0.2, 0.25) is 5.02 Å². The van der Waals surface area contributed by atoms with Crippen molar-refractivity contribution in [3.05, 3.63) is 61.2 Å². The first-order chi connectivity index (χ1) is 9.45. The molecule has 0 amide bonds. The Morgan fingerprint density at radius 2 is 1.90 bits per heavy atom. The van der Waals surface area contributed by atoms with Crippen molar-refractivity contribution in [2.75, 3.05) is 7.11 Å². The summed E-state index contributed by atoms with van der Waals surface area (Å²) in [6, 6.07) is 7.69. The number of methoxy groups -OCH3 is 1. The predicted molar refractivity (Wildman–Crippen MR) is 85.8 cm³/mol. The SMILES string of the molecule is COc1c(Br)cc(Cl)cc1C(N)c1cccc(Br)c1F. The molecule has 0 fully saturated rings. The minimum Gasteiger partial charge on any atom is -0.495 e. The van der Waals surface area contributed by atoms with Crippen LogP contribution >= 0.6 is 43.5 Å². The fraction of sp³-hybridized carbons (Fsp3) is 0.143. The Bertz CT molecular complexity index is 651. The molecule has 0 aromatic heterocycles. The molecule has 1 atom stereocenters. The maximum absolute atomic E-state index is 14.2. The largest absolute Gasteiger partial charge is 0.495 e. The molecule has 20 heavy (non-hydrogen) atoms. The monoisotopic (exact) mass is 421 g/mol. The van der Waals surface area contributed by atoms with Crippen molar-refractivity contribution in [2.45, 2.75) is 6.04 Å². The third kappa shape index (κ3) is 3.01. The molecule has 0 saturated heterocycles. The number of rotatable bonds is 3. The van der Waals surface area contributed by atoms with Crippen molar-refractivity contribution in [3.63, 3.8) is 0 Å². The third-order valence-corrected chi connectivity index (χ3v) is 4.31. The van der Waals surface area contributed by atoms with Crippen LogP contribution in [0.15, 0.2) is 39.3 Å². The minimum absolute atomic E-state index is 0.366. The van der Waals surface area contributed by atoms with Gasteiger partial charge in [0, 0.05) is 16.1 Å². The van der Waals surface area contributed by atoms with Crippen LogP contribution in [0.3, 0.4) is 0 Å². The molecule has 0 radical (unpaired) electrons. The molecule has 0 aliphatic heterocycles. The van der Waals surface area contributed by atoms with E-state index in [2.05, 4.69) is 31.9 Å². The number of benzene rings is 2. The first-order valence-corrected chi connectivity index (χ1v) is 7.64. The molecule has 2 aromatic rings. The summed E-state index contributed by atoms with van der Waals surface area (Å²) in [6.07, 6.45) is 0. The van der Waals surface area contributed by atoms with Crippen LogP contribution in [0, 0.1) is 5.82 Å². The molecule has 106 valence electrons. The highest BCUT2D eigenvalue weighted by Gasteiger charge is 2.21. The molecule has 2 rings (SSSR count). The zero-order chi connectivity index (χ0) is 14.9. The molecule has 2 aromatic carbocycles. The summed E-state index contributed by atoms with van der Waals surface area (Å²) >= 11 is 12.6. The van der Waals surface area contributed by atoms with Crippen LogP contribution in [0.4, 0.5) is 4.39 Å². The van der Waals surface area contributed by atoms with Gasteiger partial charge in [-0.2, -0.15) is 0 Å². The molecule has 0 saturated carbocycles. The van der Waals surface area contributed by atoms with Crippen molar-refractivity contribution in [3.8, 4) is 5.75 Å². The molecule has 2 N–H and O–H groups in total. The van der Waals surface area contributed by atoms with Crippen molar-refractivity contribution >= 4 is 43.5 Å². The lowest BCUT2D eigenvalue weighted by Crippen LogP contribution is -2.15. The zero-order valence-corrected chi connectivity index (χ0v) is 14.4. The number of halogens is 4. The van der Waals surface area contributed by atoms with Gasteiger partial charge in [0.2, 0.25) is 0 Å². The van der Waals surface area contributed by atoms with Crippen molar-refractivity contribution in [2.24, 2.45) is 5.73 Å². The zero-order valence-electron chi connectivity index (χ0n) is 10.5. The van der Waals surface area contributed by atoms with E-state index < -0.39 is 11.9 Å². The van der Waals surface area contributed by atoms with Crippen LogP contribution < -0.4 is 10.5 Å². The van der Waals surface area contributed by atoms with E-state index >= 15 is 0 Å².